The van der Waals surface area contributed by atoms with Gasteiger partial charge in [-0.05, 0) is 86.8 Å². The predicted octanol–water partition coefficient (Wildman–Crippen LogP) is 26.8. The van der Waals surface area contributed by atoms with E-state index >= 15 is 0 Å². The zero-order chi connectivity index (χ0) is 54.1. The van der Waals surface area contributed by atoms with E-state index in [9.17, 15) is 0 Å². The molecule has 0 saturated carbocycles. The largest absolute Gasteiger partial charge is 0.252 e. The van der Waals surface area contributed by atoms with E-state index in [1.165, 1.54) is 363 Å². The van der Waals surface area contributed by atoms with Crippen molar-refractivity contribution in [3.8, 4) is 0 Å². The van der Waals surface area contributed by atoms with Crippen molar-refractivity contribution >= 4 is 22.8 Å². The Hall–Kier alpha value is -1.73. The molecule has 0 heterocycles. The molecule has 0 saturated heterocycles. The molecule has 0 unspecified atom stereocenters. The van der Waals surface area contributed by atoms with Crippen LogP contribution in [0.3, 0.4) is 0 Å². The van der Waals surface area contributed by atoms with Gasteiger partial charge in [-0.1, -0.05) is 360 Å². The molecule has 0 aliphatic carbocycles. The predicted molar refractivity (Wildman–Crippen MR) is 346 cm³/mol. The first-order valence-corrected chi connectivity index (χ1v) is 35.0. The van der Waals surface area contributed by atoms with E-state index in [0.717, 1.165) is 30.6 Å². The third kappa shape index (κ3) is 47.6. The molecular formula is C74H132N2Ni. The molecule has 0 radical (unpaired) electrons. The monoisotopic (exact) mass is 1110 g/mol. The summed E-state index contributed by atoms with van der Waals surface area (Å²) < 4.78 is 0. The van der Waals surface area contributed by atoms with Crippen LogP contribution in [0.25, 0.3) is 0 Å². The molecule has 2 nitrogen and oxygen atoms in total. The second-order valence-electron chi connectivity index (χ2n) is 24.4. The second-order valence-corrected chi connectivity index (χ2v) is 24.4. The first-order valence-electron chi connectivity index (χ1n) is 35.0. The first kappa shape index (κ1) is 73.3. The average Bonchev–Trinajstić information content (AvgIpc) is 3.44. The third-order valence-electron chi connectivity index (χ3n) is 16.9. The maximum absolute atomic E-state index is 5.40. The number of benzene rings is 2. The Labute approximate surface area is 493 Å². The van der Waals surface area contributed by atoms with E-state index in [4.69, 9.17) is 9.98 Å². The molecule has 0 aliphatic rings. The van der Waals surface area contributed by atoms with Crippen molar-refractivity contribution < 1.29 is 16.5 Å². The SMILES string of the molecule is CCCCCCCCCCCCCCCCCCCCCCCCc1ccc(/N=C(CCCC)/C(CCCCCCCC)=N/c2ccc(CCCCCCCCCCCCCCCCCCCCCCCC)cc2)cc1.[Ni]. The van der Waals surface area contributed by atoms with Crippen molar-refractivity contribution in [2.24, 2.45) is 9.98 Å². The van der Waals surface area contributed by atoms with Crippen LogP contribution in [0.4, 0.5) is 11.4 Å². The van der Waals surface area contributed by atoms with Gasteiger partial charge >= 0.3 is 0 Å². The molecule has 0 aromatic heterocycles. The zero-order valence-corrected chi connectivity index (χ0v) is 53.4. The van der Waals surface area contributed by atoms with E-state index in [1.807, 2.05) is 0 Å². The smallest absolute Gasteiger partial charge is 0.0633 e. The van der Waals surface area contributed by atoms with Gasteiger partial charge in [0.2, 0.25) is 0 Å². The second kappa shape index (κ2) is 58.9. The number of nitrogens with zero attached hydrogens (tertiary/aromatic N) is 2. The summed E-state index contributed by atoms with van der Waals surface area (Å²) in [5.74, 6) is 0. The number of hydrogen-bond acceptors (Lipinski definition) is 2. The fourth-order valence-electron chi connectivity index (χ4n) is 11.6. The summed E-state index contributed by atoms with van der Waals surface area (Å²) >= 11 is 0. The zero-order valence-electron chi connectivity index (χ0n) is 52.4. The van der Waals surface area contributed by atoms with Crippen molar-refractivity contribution in [2.45, 2.75) is 387 Å². The summed E-state index contributed by atoms with van der Waals surface area (Å²) in [6.07, 6.45) is 77.9. The van der Waals surface area contributed by atoms with Gasteiger partial charge in [0.1, 0.15) is 0 Å². The normalized spacial score (nSPS) is 12.0. The van der Waals surface area contributed by atoms with E-state index in [2.05, 4.69) is 76.2 Å². The van der Waals surface area contributed by atoms with Crippen LogP contribution in [0.2, 0.25) is 0 Å². The van der Waals surface area contributed by atoms with Crippen LogP contribution in [-0.2, 0) is 29.3 Å². The van der Waals surface area contributed by atoms with Crippen LogP contribution >= 0.6 is 0 Å². The molecular weight excluding hydrogens is 976 g/mol. The summed E-state index contributed by atoms with van der Waals surface area (Å²) in [7, 11) is 0. The topological polar surface area (TPSA) is 24.7 Å². The molecule has 0 fully saturated rings. The minimum atomic E-state index is 0. The van der Waals surface area contributed by atoms with Crippen molar-refractivity contribution in [3.63, 3.8) is 0 Å². The Morgan fingerprint density at radius 1 is 0.221 bits per heavy atom. The summed E-state index contributed by atoms with van der Waals surface area (Å²) in [5, 5.41) is 0. The fraction of sp³-hybridized carbons (Fsp3) is 0.811. The number of rotatable bonds is 59. The van der Waals surface area contributed by atoms with Crippen LogP contribution in [0.5, 0.6) is 0 Å². The molecule has 0 atom stereocenters. The van der Waals surface area contributed by atoms with Crippen LogP contribution in [-0.4, -0.2) is 11.4 Å². The number of aliphatic imine (C=N–C) groups is 2. The Bertz CT molecular complexity index is 1530. The molecule has 0 N–H and O–H groups in total. The van der Waals surface area contributed by atoms with Crippen molar-refractivity contribution in [2.75, 3.05) is 0 Å². The standard InChI is InChI=1S/C74H132N2.Ni/c1-5-9-13-16-19-21-23-25-27-29-31-33-35-37-39-41-43-45-47-49-51-54-57-69-61-65-71(66-62-69)75-73(59-12-8-4)74(60-56-53-18-15-11-7-3)76-72-67-63-70(64-68-72)58-55-52-50-48-46-44-42-40-38-36-34-32-30-28-26-24-22-20-17-14-10-6-2;/h61-68H,5-60H2,1-4H3;/b75-73+,76-74+;. The number of unbranched alkanes of at least 4 members (excludes halogenated alkanes) is 48. The molecule has 0 aliphatic heterocycles. The van der Waals surface area contributed by atoms with Crippen molar-refractivity contribution in [3.05, 3.63) is 59.7 Å². The molecule has 2 aromatic rings. The van der Waals surface area contributed by atoms with Gasteiger partial charge in [0.25, 0.3) is 0 Å². The molecule has 2 rings (SSSR count). The number of aryl methyl sites for hydroxylation is 2. The van der Waals surface area contributed by atoms with Gasteiger partial charge in [0.15, 0.2) is 0 Å². The van der Waals surface area contributed by atoms with Crippen LogP contribution in [0, 0.1) is 0 Å². The van der Waals surface area contributed by atoms with Gasteiger partial charge < -0.3 is 0 Å². The Balaban J connectivity index is 0.0000296. The Morgan fingerprint density at radius 3 is 0.623 bits per heavy atom. The van der Waals surface area contributed by atoms with Gasteiger partial charge in [-0.2, -0.15) is 0 Å². The third-order valence-corrected chi connectivity index (χ3v) is 16.9. The van der Waals surface area contributed by atoms with Gasteiger partial charge in [-0.3, -0.25) is 9.98 Å². The summed E-state index contributed by atoms with van der Waals surface area (Å²) in [6.45, 7) is 9.24. The molecule has 448 valence electrons. The fourth-order valence-corrected chi connectivity index (χ4v) is 11.6. The van der Waals surface area contributed by atoms with E-state index in [-0.39, 0.29) is 16.5 Å². The van der Waals surface area contributed by atoms with Gasteiger partial charge in [-0.15, -0.1) is 0 Å². The summed E-state index contributed by atoms with van der Waals surface area (Å²) in [5.41, 5.74) is 7.54. The van der Waals surface area contributed by atoms with E-state index < -0.39 is 0 Å². The summed E-state index contributed by atoms with van der Waals surface area (Å²) in [4.78, 5) is 10.8. The first-order chi connectivity index (χ1) is 37.7. The maximum atomic E-state index is 5.40. The quantitative estimate of drug-likeness (QED) is 0.0358. The van der Waals surface area contributed by atoms with Crippen LogP contribution in [0.1, 0.15) is 386 Å². The molecule has 77 heavy (non-hydrogen) atoms. The van der Waals surface area contributed by atoms with Gasteiger partial charge in [0.05, 0.1) is 22.8 Å². The Kier molecular flexibility index (Phi) is 56.1. The molecule has 2 aromatic carbocycles. The minimum Gasteiger partial charge on any atom is -0.252 e. The molecule has 3 heteroatoms. The van der Waals surface area contributed by atoms with Gasteiger partial charge in [0, 0.05) is 16.5 Å². The Morgan fingerprint density at radius 2 is 0.403 bits per heavy atom. The van der Waals surface area contributed by atoms with Gasteiger partial charge in [-0.25, -0.2) is 0 Å². The van der Waals surface area contributed by atoms with Crippen LogP contribution < -0.4 is 0 Å². The molecule has 0 spiro atoms. The van der Waals surface area contributed by atoms with Crippen molar-refractivity contribution in [1.82, 2.24) is 0 Å². The van der Waals surface area contributed by atoms with Crippen molar-refractivity contribution in [1.29, 1.82) is 0 Å². The number of hydrogen-bond donors (Lipinski definition) is 0. The summed E-state index contributed by atoms with van der Waals surface area (Å²) in [6, 6.07) is 18.5. The van der Waals surface area contributed by atoms with Crippen LogP contribution in [0.15, 0.2) is 58.5 Å². The minimum absolute atomic E-state index is 0. The molecule has 0 amide bonds. The maximum Gasteiger partial charge on any atom is 0.0633 e. The van der Waals surface area contributed by atoms with E-state index in [0.29, 0.717) is 0 Å². The van der Waals surface area contributed by atoms with E-state index in [1.54, 1.807) is 0 Å². The molecule has 0 bridgehead atoms. The average molecular weight is 1110 g/mol.